The van der Waals surface area contributed by atoms with E-state index in [2.05, 4.69) is 6.92 Å². The number of hydrogen-bond donors (Lipinski definition) is 0. The molecule has 4 heteroatoms. The van der Waals surface area contributed by atoms with Crippen molar-refractivity contribution in [3.63, 3.8) is 0 Å². The molecule has 1 fully saturated rings. The van der Waals surface area contributed by atoms with E-state index in [9.17, 15) is 4.79 Å². The number of hydrogen-bond acceptors (Lipinski definition) is 3. The largest absolute Gasteiger partial charge is 0.454 e. The monoisotopic (exact) mass is 299 g/mol. The Morgan fingerprint density at radius 3 is 2.95 bits per heavy atom. The van der Waals surface area contributed by atoms with Crippen LogP contribution in [-0.4, -0.2) is 30.2 Å². The van der Waals surface area contributed by atoms with Crippen LogP contribution in [0, 0.1) is 0 Å². The summed E-state index contributed by atoms with van der Waals surface area (Å²) in [4.78, 5) is 14.1. The van der Waals surface area contributed by atoms with Crippen LogP contribution in [0.15, 0.2) is 36.4 Å². The molecule has 2 aliphatic heterocycles. The molecule has 1 aromatic rings. The van der Waals surface area contributed by atoms with Crippen molar-refractivity contribution in [3.05, 3.63) is 42.0 Å². The number of amides is 1. The van der Waals surface area contributed by atoms with Crippen molar-refractivity contribution in [2.75, 3.05) is 13.3 Å². The Kier molecular flexibility index (Phi) is 4.47. The van der Waals surface area contributed by atoms with Crippen molar-refractivity contribution < 1.29 is 14.3 Å². The van der Waals surface area contributed by atoms with Gasteiger partial charge in [0.25, 0.3) is 0 Å². The Morgan fingerprint density at radius 1 is 1.23 bits per heavy atom. The van der Waals surface area contributed by atoms with Gasteiger partial charge in [0, 0.05) is 18.7 Å². The van der Waals surface area contributed by atoms with Crippen molar-refractivity contribution in [3.8, 4) is 11.5 Å². The second-order valence-electron chi connectivity index (χ2n) is 5.71. The first-order valence-electron chi connectivity index (χ1n) is 7.79. The minimum Gasteiger partial charge on any atom is -0.454 e. The topological polar surface area (TPSA) is 38.8 Å². The lowest BCUT2D eigenvalue weighted by Gasteiger charge is -2.32. The van der Waals surface area contributed by atoms with E-state index < -0.39 is 0 Å². The summed E-state index contributed by atoms with van der Waals surface area (Å²) in [6.45, 7) is 3.27. The molecule has 0 bridgehead atoms. The van der Waals surface area contributed by atoms with Crippen LogP contribution in [-0.2, 0) is 4.79 Å². The van der Waals surface area contributed by atoms with Crippen molar-refractivity contribution in [2.45, 2.75) is 32.2 Å². The first-order valence-corrected chi connectivity index (χ1v) is 7.79. The molecular formula is C18H21NO3. The Morgan fingerprint density at radius 2 is 2.09 bits per heavy atom. The summed E-state index contributed by atoms with van der Waals surface area (Å²) < 4.78 is 10.6. The van der Waals surface area contributed by atoms with E-state index in [1.807, 2.05) is 35.3 Å². The number of ether oxygens (including phenoxy) is 2. The maximum atomic E-state index is 12.1. The number of nitrogens with zero attached hydrogens (tertiary/aromatic N) is 1. The van der Waals surface area contributed by atoms with Gasteiger partial charge in [-0.15, -0.1) is 0 Å². The van der Waals surface area contributed by atoms with Gasteiger partial charge >= 0.3 is 0 Å². The van der Waals surface area contributed by atoms with Crippen LogP contribution in [0.1, 0.15) is 31.7 Å². The SMILES string of the molecule is CC1CCCCN1C(=O)/C=C/C=C/c1ccc2c(c1)OCO2. The molecule has 0 radical (unpaired) electrons. The fraction of sp³-hybridized carbons (Fsp3) is 0.389. The van der Waals surface area contributed by atoms with Crippen LogP contribution in [0.25, 0.3) is 6.08 Å². The molecule has 2 aliphatic rings. The second kappa shape index (κ2) is 6.69. The highest BCUT2D eigenvalue weighted by molar-refractivity contribution is 5.88. The molecule has 116 valence electrons. The first kappa shape index (κ1) is 14.7. The standard InChI is InChI=1S/C18H21NO3/c1-14-6-4-5-11-19(14)18(20)8-3-2-7-15-9-10-16-17(12-15)22-13-21-16/h2-3,7-10,12,14H,4-6,11,13H2,1H3/b7-2+,8-3+. The molecule has 1 atom stereocenters. The highest BCUT2D eigenvalue weighted by atomic mass is 16.7. The molecule has 4 nitrogen and oxygen atoms in total. The summed E-state index contributed by atoms with van der Waals surface area (Å²) in [7, 11) is 0. The summed E-state index contributed by atoms with van der Waals surface area (Å²) in [5.74, 6) is 1.65. The fourth-order valence-electron chi connectivity index (χ4n) is 2.84. The molecule has 1 unspecified atom stereocenters. The molecule has 0 spiro atoms. The molecule has 1 amide bonds. The van der Waals surface area contributed by atoms with Crippen molar-refractivity contribution in [2.24, 2.45) is 0 Å². The van der Waals surface area contributed by atoms with Gasteiger partial charge in [-0.2, -0.15) is 0 Å². The highest BCUT2D eigenvalue weighted by Gasteiger charge is 2.20. The van der Waals surface area contributed by atoms with Crippen molar-refractivity contribution in [1.82, 2.24) is 4.90 Å². The van der Waals surface area contributed by atoms with E-state index in [0.29, 0.717) is 6.04 Å². The minimum absolute atomic E-state index is 0.0996. The predicted octanol–water partition coefficient (Wildman–Crippen LogP) is 3.39. The van der Waals surface area contributed by atoms with Gasteiger partial charge < -0.3 is 14.4 Å². The maximum Gasteiger partial charge on any atom is 0.246 e. The fourth-order valence-corrected chi connectivity index (χ4v) is 2.84. The number of carbonyl (C=O) groups is 1. The average Bonchev–Trinajstić information content (AvgIpc) is 2.99. The number of carbonyl (C=O) groups excluding carboxylic acids is 1. The van der Waals surface area contributed by atoms with E-state index in [1.165, 1.54) is 6.42 Å². The number of allylic oxidation sites excluding steroid dienone is 2. The molecule has 0 saturated carbocycles. The lowest BCUT2D eigenvalue weighted by atomic mass is 10.0. The smallest absolute Gasteiger partial charge is 0.246 e. The molecule has 1 saturated heterocycles. The lowest BCUT2D eigenvalue weighted by Crippen LogP contribution is -2.41. The molecule has 3 rings (SSSR count). The Hall–Kier alpha value is -2.23. The number of fused-ring (bicyclic) bond motifs is 1. The van der Waals surface area contributed by atoms with Crippen LogP contribution in [0.4, 0.5) is 0 Å². The first-order chi connectivity index (χ1) is 10.7. The zero-order chi connectivity index (χ0) is 15.4. The number of likely N-dealkylation sites (tertiary alicyclic amines) is 1. The summed E-state index contributed by atoms with van der Waals surface area (Å²) in [6.07, 6.45) is 10.7. The van der Waals surface area contributed by atoms with Crippen molar-refractivity contribution >= 4 is 12.0 Å². The van der Waals surface area contributed by atoms with Gasteiger partial charge in [0.1, 0.15) is 0 Å². The number of rotatable bonds is 3. The normalized spacial score (nSPS) is 21.0. The molecular weight excluding hydrogens is 278 g/mol. The van der Waals surface area contributed by atoms with E-state index >= 15 is 0 Å². The molecule has 0 aliphatic carbocycles. The third-order valence-corrected chi connectivity index (χ3v) is 4.12. The van der Waals surface area contributed by atoms with E-state index in [-0.39, 0.29) is 12.7 Å². The van der Waals surface area contributed by atoms with Crippen LogP contribution >= 0.6 is 0 Å². The molecule has 0 N–H and O–H groups in total. The van der Waals surface area contributed by atoms with Crippen LogP contribution < -0.4 is 9.47 Å². The highest BCUT2D eigenvalue weighted by Crippen LogP contribution is 2.32. The summed E-state index contributed by atoms with van der Waals surface area (Å²) in [5.41, 5.74) is 1.02. The average molecular weight is 299 g/mol. The quantitative estimate of drug-likeness (QED) is 0.634. The summed E-state index contributed by atoms with van der Waals surface area (Å²) in [6, 6.07) is 6.14. The second-order valence-corrected chi connectivity index (χ2v) is 5.71. The maximum absolute atomic E-state index is 12.1. The van der Waals surface area contributed by atoms with Gasteiger partial charge in [0.2, 0.25) is 12.7 Å². The van der Waals surface area contributed by atoms with Crippen LogP contribution in [0.2, 0.25) is 0 Å². The van der Waals surface area contributed by atoms with Crippen LogP contribution in [0.5, 0.6) is 11.5 Å². The lowest BCUT2D eigenvalue weighted by molar-refractivity contribution is -0.129. The van der Waals surface area contributed by atoms with Gasteiger partial charge in [-0.05, 0) is 43.9 Å². The Balaban J connectivity index is 1.58. The summed E-state index contributed by atoms with van der Waals surface area (Å²) in [5, 5.41) is 0. The zero-order valence-corrected chi connectivity index (χ0v) is 12.8. The van der Waals surface area contributed by atoms with Gasteiger partial charge in [0.05, 0.1) is 0 Å². The van der Waals surface area contributed by atoms with E-state index in [1.54, 1.807) is 12.2 Å². The molecule has 2 heterocycles. The zero-order valence-electron chi connectivity index (χ0n) is 12.8. The van der Waals surface area contributed by atoms with Gasteiger partial charge in [-0.1, -0.05) is 24.3 Å². The third kappa shape index (κ3) is 3.32. The van der Waals surface area contributed by atoms with Gasteiger partial charge in [-0.3, -0.25) is 4.79 Å². The van der Waals surface area contributed by atoms with Crippen molar-refractivity contribution in [1.29, 1.82) is 0 Å². The van der Waals surface area contributed by atoms with Crippen LogP contribution in [0.3, 0.4) is 0 Å². The predicted molar refractivity (Wildman–Crippen MR) is 85.8 cm³/mol. The van der Waals surface area contributed by atoms with Gasteiger partial charge in [0.15, 0.2) is 11.5 Å². The Labute approximate surface area is 131 Å². The van der Waals surface area contributed by atoms with E-state index in [4.69, 9.17) is 9.47 Å². The number of benzene rings is 1. The Bertz CT molecular complexity index is 606. The minimum atomic E-state index is 0.0996. The molecule has 1 aromatic carbocycles. The van der Waals surface area contributed by atoms with Gasteiger partial charge in [-0.25, -0.2) is 0 Å². The van der Waals surface area contributed by atoms with E-state index in [0.717, 1.165) is 36.4 Å². The number of piperidine rings is 1. The molecule has 0 aromatic heterocycles. The molecule has 22 heavy (non-hydrogen) atoms. The summed E-state index contributed by atoms with van der Waals surface area (Å²) >= 11 is 0. The third-order valence-electron chi connectivity index (χ3n) is 4.12.